The molecule has 1 N–H and O–H groups in total. The van der Waals surface area contributed by atoms with Crippen molar-refractivity contribution in [1.29, 1.82) is 0 Å². The Morgan fingerprint density at radius 1 is 1.06 bits per heavy atom. The zero-order valence-corrected chi connectivity index (χ0v) is 10.3. The minimum absolute atomic E-state index is 0.0223. The average Bonchev–Trinajstić information content (AvgIpc) is 2.65. The molecule has 0 spiro atoms. The third kappa shape index (κ3) is 1.58. The summed E-state index contributed by atoms with van der Waals surface area (Å²) in [6.45, 7) is 6.37. The van der Waals surface area contributed by atoms with E-state index in [1.807, 2.05) is 18.3 Å². The second-order valence-electron chi connectivity index (χ2n) is 5.38. The Balaban J connectivity index is 2.34. The molecule has 2 heterocycles. The maximum atomic E-state index is 4.62. The molecule has 3 nitrogen and oxygen atoms in total. The van der Waals surface area contributed by atoms with Crippen molar-refractivity contribution in [1.82, 2.24) is 15.0 Å². The number of aromatic nitrogens is 3. The average molecular weight is 225 g/mol. The lowest BCUT2D eigenvalue weighted by Gasteiger charge is -2.15. The van der Waals surface area contributed by atoms with E-state index in [9.17, 15) is 0 Å². The van der Waals surface area contributed by atoms with E-state index in [0.29, 0.717) is 0 Å². The van der Waals surface area contributed by atoms with Gasteiger partial charge in [-0.3, -0.25) is 0 Å². The number of benzene rings is 1. The molecule has 0 atom stereocenters. The third-order valence-corrected chi connectivity index (χ3v) is 2.93. The van der Waals surface area contributed by atoms with Crippen LogP contribution in [0.3, 0.4) is 0 Å². The zero-order chi connectivity index (χ0) is 12.0. The fourth-order valence-corrected chi connectivity index (χ4v) is 1.99. The van der Waals surface area contributed by atoms with Crippen molar-refractivity contribution in [2.75, 3.05) is 0 Å². The Morgan fingerprint density at radius 2 is 1.82 bits per heavy atom. The highest BCUT2D eigenvalue weighted by molar-refractivity contribution is 6.05. The van der Waals surface area contributed by atoms with E-state index in [1.54, 1.807) is 0 Å². The lowest BCUT2D eigenvalue weighted by molar-refractivity contribution is 0.548. The van der Waals surface area contributed by atoms with E-state index >= 15 is 0 Å². The maximum Gasteiger partial charge on any atom is 0.142 e. The molecule has 3 rings (SSSR count). The standard InChI is InChI=1S/C14H15N3/c1-14(2,3)13-15-8-10-9-6-4-5-7-11(9)16-12(10)17-13/h4-8H,1-3H3,(H,15,16,17). The van der Waals surface area contributed by atoms with Crippen molar-refractivity contribution in [3.8, 4) is 0 Å². The Morgan fingerprint density at radius 3 is 2.59 bits per heavy atom. The van der Waals surface area contributed by atoms with E-state index < -0.39 is 0 Å². The normalized spacial score (nSPS) is 12.4. The summed E-state index contributed by atoms with van der Waals surface area (Å²) in [4.78, 5) is 12.4. The molecule has 2 aromatic heterocycles. The molecule has 0 aliphatic rings. The minimum atomic E-state index is -0.0223. The van der Waals surface area contributed by atoms with Gasteiger partial charge < -0.3 is 4.98 Å². The minimum Gasteiger partial charge on any atom is -0.339 e. The van der Waals surface area contributed by atoms with Crippen LogP contribution < -0.4 is 0 Å². The molecule has 3 heteroatoms. The highest BCUT2D eigenvalue weighted by atomic mass is 15.0. The number of H-pyrrole nitrogens is 1. The van der Waals surface area contributed by atoms with Crippen LogP contribution in [0, 0.1) is 0 Å². The molecular weight excluding hydrogens is 210 g/mol. The summed E-state index contributed by atoms with van der Waals surface area (Å²) in [5.41, 5.74) is 2.01. The van der Waals surface area contributed by atoms with Gasteiger partial charge in [0.15, 0.2) is 0 Å². The molecule has 0 fully saturated rings. The Labute approximate surface area is 99.9 Å². The first-order chi connectivity index (χ1) is 8.05. The predicted octanol–water partition coefficient (Wildman–Crippen LogP) is 3.41. The summed E-state index contributed by atoms with van der Waals surface area (Å²) >= 11 is 0. The first kappa shape index (κ1) is 10.3. The number of hydrogen-bond acceptors (Lipinski definition) is 2. The molecule has 17 heavy (non-hydrogen) atoms. The van der Waals surface area contributed by atoms with Crippen LogP contribution >= 0.6 is 0 Å². The topological polar surface area (TPSA) is 41.6 Å². The van der Waals surface area contributed by atoms with E-state index in [2.05, 4.69) is 47.9 Å². The first-order valence-electron chi connectivity index (χ1n) is 5.80. The fraction of sp³-hybridized carbons (Fsp3) is 0.286. The Hall–Kier alpha value is -1.90. The van der Waals surface area contributed by atoms with Gasteiger partial charge in [-0.05, 0) is 6.07 Å². The molecule has 0 radical (unpaired) electrons. The molecule has 0 unspecified atom stereocenters. The number of aromatic amines is 1. The second-order valence-corrected chi connectivity index (χ2v) is 5.38. The lowest BCUT2D eigenvalue weighted by atomic mass is 9.96. The molecule has 3 aromatic rings. The van der Waals surface area contributed by atoms with Crippen molar-refractivity contribution in [3.05, 3.63) is 36.3 Å². The van der Waals surface area contributed by atoms with Gasteiger partial charge in [-0.2, -0.15) is 0 Å². The summed E-state index contributed by atoms with van der Waals surface area (Å²) in [5, 5.41) is 2.27. The summed E-state index contributed by atoms with van der Waals surface area (Å²) in [6.07, 6.45) is 1.92. The van der Waals surface area contributed by atoms with Crippen LogP contribution in [-0.2, 0) is 5.41 Å². The van der Waals surface area contributed by atoms with Gasteiger partial charge >= 0.3 is 0 Å². The molecule has 0 saturated heterocycles. The molecule has 86 valence electrons. The van der Waals surface area contributed by atoms with Crippen LogP contribution in [-0.4, -0.2) is 15.0 Å². The molecule has 0 bridgehead atoms. The number of para-hydroxylation sites is 1. The summed E-state index contributed by atoms with van der Waals surface area (Å²) < 4.78 is 0. The van der Waals surface area contributed by atoms with Crippen molar-refractivity contribution >= 4 is 21.9 Å². The molecule has 1 aromatic carbocycles. The van der Waals surface area contributed by atoms with E-state index in [1.165, 1.54) is 5.39 Å². The molecule has 0 aliphatic heterocycles. The first-order valence-corrected chi connectivity index (χ1v) is 5.80. The number of fused-ring (bicyclic) bond motifs is 3. The van der Waals surface area contributed by atoms with Crippen LogP contribution in [0.15, 0.2) is 30.5 Å². The maximum absolute atomic E-state index is 4.62. The summed E-state index contributed by atoms with van der Waals surface area (Å²) in [7, 11) is 0. The lowest BCUT2D eigenvalue weighted by Crippen LogP contribution is -2.15. The molecular formula is C14H15N3. The van der Waals surface area contributed by atoms with Crippen LogP contribution in [0.2, 0.25) is 0 Å². The highest BCUT2D eigenvalue weighted by Crippen LogP contribution is 2.25. The second kappa shape index (κ2) is 3.29. The van der Waals surface area contributed by atoms with Gasteiger partial charge in [0.2, 0.25) is 0 Å². The fourth-order valence-electron chi connectivity index (χ4n) is 1.99. The van der Waals surface area contributed by atoms with Crippen molar-refractivity contribution in [3.63, 3.8) is 0 Å². The van der Waals surface area contributed by atoms with Gasteiger partial charge in [0.25, 0.3) is 0 Å². The van der Waals surface area contributed by atoms with Gasteiger partial charge in [-0.15, -0.1) is 0 Å². The van der Waals surface area contributed by atoms with Crippen LogP contribution in [0.25, 0.3) is 21.9 Å². The quantitative estimate of drug-likeness (QED) is 0.637. The van der Waals surface area contributed by atoms with E-state index in [-0.39, 0.29) is 5.41 Å². The monoisotopic (exact) mass is 225 g/mol. The van der Waals surface area contributed by atoms with Gasteiger partial charge in [-0.25, -0.2) is 9.97 Å². The number of nitrogens with one attached hydrogen (secondary N) is 1. The summed E-state index contributed by atoms with van der Waals surface area (Å²) in [6, 6.07) is 8.21. The largest absolute Gasteiger partial charge is 0.339 e. The van der Waals surface area contributed by atoms with Gasteiger partial charge in [0.05, 0.1) is 0 Å². The summed E-state index contributed by atoms with van der Waals surface area (Å²) in [5.74, 6) is 0.872. The Kier molecular flexibility index (Phi) is 1.99. The predicted molar refractivity (Wildman–Crippen MR) is 70.1 cm³/mol. The third-order valence-electron chi connectivity index (χ3n) is 2.93. The van der Waals surface area contributed by atoms with Gasteiger partial charge in [0, 0.05) is 27.9 Å². The van der Waals surface area contributed by atoms with E-state index in [4.69, 9.17) is 0 Å². The smallest absolute Gasteiger partial charge is 0.142 e. The van der Waals surface area contributed by atoms with Gasteiger partial charge in [0.1, 0.15) is 11.5 Å². The van der Waals surface area contributed by atoms with E-state index in [0.717, 1.165) is 22.4 Å². The zero-order valence-electron chi connectivity index (χ0n) is 10.3. The Bertz CT molecular complexity index is 689. The van der Waals surface area contributed by atoms with Gasteiger partial charge in [-0.1, -0.05) is 39.0 Å². The number of rotatable bonds is 0. The molecule has 0 aliphatic carbocycles. The molecule has 0 saturated carbocycles. The SMILES string of the molecule is CC(C)(C)c1ncc2c(n1)[nH]c1ccccc12. The molecule has 0 amide bonds. The van der Waals surface area contributed by atoms with Crippen molar-refractivity contribution < 1.29 is 0 Å². The van der Waals surface area contributed by atoms with Crippen LogP contribution in [0.1, 0.15) is 26.6 Å². The number of nitrogens with zero attached hydrogens (tertiary/aromatic N) is 2. The van der Waals surface area contributed by atoms with Crippen molar-refractivity contribution in [2.24, 2.45) is 0 Å². The van der Waals surface area contributed by atoms with Crippen LogP contribution in [0.4, 0.5) is 0 Å². The number of hydrogen-bond donors (Lipinski definition) is 1. The highest BCUT2D eigenvalue weighted by Gasteiger charge is 2.18. The van der Waals surface area contributed by atoms with Crippen molar-refractivity contribution in [2.45, 2.75) is 26.2 Å². The van der Waals surface area contributed by atoms with Crippen LogP contribution in [0.5, 0.6) is 0 Å².